The van der Waals surface area contributed by atoms with Gasteiger partial charge >= 0.3 is 0 Å². The molecule has 0 spiro atoms. The normalized spacial score (nSPS) is 11.2. The van der Waals surface area contributed by atoms with Crippen LogP contribution in [0.2, 0.25) is 0 Å². The standard InChI is InChI=1S/C17H16BrFN2O2/c1-11(13-4-7-16(8-5-13)20-12(2)22)21-23-10-14-3-6-15(19)9-17(14)18/h3-9H,10H2,1-2H3,(H,20,22)/b21-11+. The second-order valence-electron chi connectivity index (χ2n) is 4.94. The summed E-state index contributed by atoms with van der Waals surface area (Å²) < 4.78 is 13.6. The van der Waals surface area contributed by atoms with Crippen molar-refractivity contribution in [3.05, 3.63) is 63.9 Å². The summed E-state index contributed by atoms with van der Waals surface area (Å²) in [5.41, 5.74) is 3.13. The second kappa shape index (κ2) is 7.87. The van der Waals surface area contributed by atoms with Crippen molar-refractivity contribution in [3.8, 4) is 0 Å². The molecule has 2 aromatic carbocycles. The monoisotopic (exact) mass is 378 g/mol. The molecule has 1 N–H and O–H groups in total. The average molecular weight is 379 g/mol. The van der Waals surface area contributed by atoms with Crippen molar-refractivity contribution >= 4 is 33.2 Å². The van der Waals surface area contributed by atoms with E-state index in [0.717, 1.165) is 16.8 Å². The summed E-state index contributed by atoms with van der Waals surface area (Å²) in [6.07, 6.45) is 0. The lowest BCUT2D eigenvalue weighted by atomic mass is 10.1. The van der Waals surface area contributed by atoms with E-state index in [-0.39, 0.29) is 18.3 Å². The van der Waals surface area contributed by atoms with E-state index < -0.39 is 0 Å². The van der Waals surface area contributed by atoms with Crippen molar-refractivity contribution in [2.24, 2.45) is 5.16 Å². The first kappa shape index (κ1) is 17.1. The van der Waals surface area contributed by atoms with Crippen molar-refractivity contribution in [2.75, 3.05) is 5.32 Å². The minimum atomic E-state index is -0.306. The summed E-state index contributed by atoms with van der Waals surface area (Å²) in [4.78, 5) is 16.3. The summed E-state index contributed by atoms with van der Waals surface area (Å²) in [5, 5.41) is 6.76. The molecule has 120 valence electrons. The van der Waals surface area contributed by atoms with Crippen molar-refractivity contribution in [2.45, 2.75) is 20.5 Å². The molecule has 0 radical (unpaired) electrons. The van der Waals surface area contributed by atoms with Crippen molar-refractivity contribution in [1.82, 2.24) is 0 Å². The Hall–Kier alpha value is -2.21. The predicted octanol–water partition coefficient (Wildman–Crippen LogP) is 4.49. The Labute approximate surface area is 142 Å². The quantitative estimate of drug-likeness (QED) is 0.615. The summed E-state index contributed by atoms with van der Waals surface area (Å²) in [6, 6.07) is 11.7. The largest absolute Gasteiger partial charge is 0.391 e. The number of anilines is 1. The minimum Gasteiger partial charge on any atom is -0.391 e. The maximum atomic E-state index is 13.0. The third-order valence-corrected chi connectivity index (χ3v) is 3.80. The molecular weight excluding hydrogens is 363 g/mol. The van der Waals surface area contributed by atoms with E-state index in [0.29, 0.717) is 10.2 Å². The molecule has 0 saturated heterocycles. The van der Waals surface area contributed by atoms with Crippen LogP contribution in [0.15, 0.2) is 52.1 Å². The third kappa shape index (κ3) is 5.17. The average Bonchev–Trinajstić information content (AvgIpc) is 2.49. The van der Waals surface area contributed by atoms with Gasteiger partial charge in [0.15, 0.2) is 0 Å². The van der Waals surface area contributed by atoms with E-state index in [4.69, 9.17) is 4.84 Å². The maximum absolute atomic E-state index is 13.0. The van der Waals surface area contributed by atoms with E-state index in [1.807, 2.05) is 19.1 Å². The van der Waals surface area contributed by atoms with Gasteiger partial charge in [-0.2, -0.15) is 0 Å². The highest BCUT2D eigenvalue weighted by molar-refractivity contribution is 9.10. The Bertz CT molecular complexity index is 730. The van der Waals surface area contributed by atoms with Gasteiger partial charge in [0.2, 0.25) is 5.91 Å². The fourth-order valence-electron chi connectivity index (χ4n) is 1.89. The van der Waals surface area contributed by atoms with E-state index in [9.17, 15) is 9.18 Å². The fourth-order valence-corrected chi connectivity index (χ4v) is 2.35. The first-order chi connectivity index (χ1) is 11.0. The van der Waals surface area contributed by atoms with Crippen LogP contribution in [0.4, 0.5) is 10.1 Å². The van der Waals surface area contributed by atoms with E-state index in [2.05, 4.69) is 26.4 Å². The van der Waals surface area contributed by atoms with Gasteiger partial charge in [-0.05, 0) is 36.8 Å². The van der Waals surface area contributed by atoms with Crippen LogP contribution in [0.1, 0.15) is 25.0 Å². The van der Waals surface area contributed by atoms with Crippen LogP contribution in [-0.2, 0) is 16.2 Å². The molecule has 0 bridgehead atoms. The highest BCUT2D eigenvalue weighted by Gasteiger charge is 2.03. The lowest BCUT2D eigenvalue weighted by Crippen LogP contribution is -2.06. The zero-order valence-electron chi connectivity index (χ0n) is 12.8. The summed E-state index contributed by atoms with van der Waals surface area (Å²) in [6.45, 7) is 3.53. The van der Waals surface area contributed by atoms with E-state index in [1.165, 1.54) is 19.1 Å². The van der Waals surface area contributed by atoms with Crippen molar-refractivity contribution in [3.63, 3.8) is 0 Å². The van der Waals surface area contributed by atoms with Crippen LogP contribution in [0.3, 0.4) is 0 Å². The zero-order chi connectivity index (χ0) is 16.8. The molecule has 4 nitrogen and oxygen atoms in total. The van der Waals surface area contributed by atoms with Crippen LogP contribution in [0.25, 0.3) is 0 Å². The number of hydrogen-bond donors (Lipinski definition) is 1. The highest BCUT2D eigenvalue weighted by Crippen LogP contribution is 2.19. The number of rotatable bonds is 5. The van der Waals surface area contributed by atoms with Gasteiger partial charge in [-0.1, -0.05) is 39.3 Å². The maximum Gasteiger partial charge on any atom is 0.221 e. The third-order valence-electron chi connectivity index (χ3n) is 3.06. The van der Waals surface area contributed by atoms with Crippen LogP contribution >= 0.6 is 15.9 Å². The molecule has 2 rings (SSSR count). The molecule has 0 aliphatic rings. The Kier molecular flexibility index (Phi) is 5.87. The zero-order valence-corrected chi connectivity index (χ0v) is 14.4. The van der Waals surface area contributed by atoms with Gasteiger partial charge in [0.05, 0.1) is 5.71 Å². The van der Waals surface area contributed by atoms with Gasteiger partial charge in [-0.15, -0.1) is 0 Å². The van der Waals surface area contributed by atoms with Crippen molar-refractivity contribution < 1.29 is 14.0 Å². The Morgan fingerprint density at radius 2 is 1.91 bits per heavy atom. The molecule has 0 fully saturated rings. The molecule has 0 heterocycles. The molecule has 1 amide bonds. The lowest BCUT2D eigenvalue weighted by molar-refractivity contribution is -0.114. The molecule has 0 saturated carbocycles. The summed E-state index contributed by atoms with van der Waals surface area (Å²) in [5.74, 6) is -0.420. The smallest absolute Gasteiger partial charge is 0.221 e. The topological polar surface area (TPSA) is 50.7 Å². The van der Waals surface area contributed by atoms with Crippen LogP contribution < -0.4 is 5.32 Å². The van der Waals surface area contributed by atoms with Crippen molar-refractivity contribution in [1.29, 1.82) is 0 Å². The number of benzene rings is 2. The van der Waals surface area contributed by atoms with Crippen LogP contribution in [-0.4, -0.2) is 11.6 Å². The van der Waals surface area contributed by atoms with Gasteiger partial charge in [-0.25, -0.2) is 4.39 Å². The van der Waals surface area contributed by atoms with Crippen LogP contribution in [0.5, 0.6) is 0 Å². The number of amides is 1. The van der Waals surface area contributed by atoms with Gasteiger partial charge in [0.1, 0.15) is 12.4 Å². The second-order valence-corrected chi connectivity index (χ2v) is 5.80. The number of hydrogen-bond acceptors (Lipinski definition) is 3. The van der Waals surface area contributed by atoms with Gasteiger partial charge < -0.3 is 10.2 Å². The number of nitrogens with zero attached hydrogens (tertiary/aromatic N) is 1. The number of nitrogens with one attached hydrogen (secondary N) is 1. The van der Waals surface area contributed by atoms with Gasteiger partial charge in [0.25, 0.3) is 0 Å². The molecule has 0 atom stereocenters. The van der Waals surface area contributed by atoms with E-state index >= 15 is 0 Å². The molecule has 0 aliphatic heterocycles. The predicted molar refractivity (Wildman–Crippen MR) is 91.8 cm³/mol. The fraction of sp³-hybridized carbons (Fsp3) is 0.176. The molecule has 0 aromatic heterocycles. The number of halogens is 2. The SMILES string of the molecule is CC(=O)Nc1ccc(/C(C)=N/OCc2ccc(F)cc2Br)cc1. The number of oxime groups is 1. The Morgan fingerprint density at radius 1 is 1.22 bits per heavy atom. The van der Waals surface area contributed by atoms with Crippen LogP contribution in [0, 0.1) is 5.82 Å². The summed E-state index contributed by atoms with van der Waals surface area (Å²) in [7, 11) is 0. The first-order valence-corrected chi connectivity index (χ1v) is 7.73. The molecule has 0 aliphatic carbocycles. The molecule has 6 heteroatoms. The first-order valence-electron chi connectivity index (χ1n) is 6.94. The highest BCUT2D eigenvalue weighted by atomic mass is 79.9. The number of carbonyl (C=O) groups excluding carboxylic acids is 1. The van der Waals surface area contributed by atoms with Gasteiger partial charge in [0, 0.05) is 22.6 Å². The molecular formula is C17H16BrFN2O2. The Balaban J connectivity index is 1.98. The molecule has 2 aromatic rings. The Morgan fingerprint density at radius 3 is 2.52 bits per heavy atom. The number of carbonyl (C=O) groups is 1. The summed E-state index contributed by atoms with van der Waals surface area (Å²) >= 11 is 3.28. The van der Waals surface area contributed by atoms with Gasteiger partial charge in [-0.3, -0.25) is 4.79 Å². The molecule has 23 heavy (non-hydrogen) atoms. The minimum absolute atomic E-state index is 0.114. The lowest BCUT2D eigenvalue weighted by Gasteiger charge is -2.06. The molecule has 0 unspecified atom stereocenters. The van der Waals surface area contributed by atoms with E-state index in [1.54, 1.807) is 18.2 Å².